The topological polar surface area (TPSA) is 81.7 Å². The molecule has 0 bridgehead atoms. The van der Waals surface area contributed by atoms with Crippen molar-refractivity contribution in [3.8, 4) is 5.75 Å². The smallest absolute Gasteiger partial charge is 0.240 e. The summed E-state index contributed by atoms with van der Waals surface area (Å²) in [6.45, 7) is 2.83. The Hall–Kier alpha value is -2.22. The Kier molecular flexibility index (Phi) is 6.17. The normalized spacial score (nSPS) is 16.5. The molecule has 1 fully saturated rings. The molecule has 2 aromatic carbocycles. The van der Waals surface area contributed by atoms with E-state index in [1.54, 1.807) is 19.2 Å². The number of carbonyl (C=O) groups is 1. The molecule has 1 aliphatic heterocycles. The van der Waals surface area contributed by atoms with Crippen molar-refractivity contribution in [2.24, 2.45) is 0 Å². The third-order valence-corrected chi connectivity index (χ3v) is 6.70. The van der Waals surface area contributed by atoms with Crippen molar-refractivity contribution in [2.45, 2.75) is 30.1 Å². The molecule has 3 rings (SSSR count). The Labute approximate surface area is 165 Å². The van der Waals surface area contributed by atoms with E-state index in [1.165, 1.54) is 19.1 Å². The average molecular weight is 404 g/mol. The minimum Gasteiger partial charge on any atom is -0.497 e. The van der Waals surface area contributed by atoms with Crippen LogP contribution in [0.2, 0.25) is 0 Å². The van der Waals surface area contributed by atoms with Gasteiger partial charge in [-0.15, -0.1) is 0 Å². The number of hydrogen-bond donors (Lipinski definition) is 1. The van der Waals surface area contributed by atoms with Crippen molar-refractivity contribution >= 4 is 15.8 Å². The van der Waals surface area contributed by atoms with Gasteiger partial charge in [0.1, 0.15) is 5.75 Å². The molecule has 150 valence electrons. The highest BCUT2D eigenvalue weighted by Gasteiger charge is 2.36. The minimum absolute atomic E-state index is 0.0946. The van der Waals surface area contributed by atoms with Gasteiger partial charge >= 0.3 is 0 Å². The van der Waals surface area contributed by atoms with Gasteiger partial charge < -0.3 is 9.47 Å². The Morgan fingerprint density at radius 3 is 2.43 bits per heavy atom. The van der Waals surface area contributed by atoms with E-state index >= 15 is 0 Å². The fourth-order valence-corrected chi connectivity index (χ4v) is 4.65. The lowest BCUT2D eigenvalue weighted by Gasteiger charge is -2.38. The number of ether oxygens (including phenoxy) is 2. The molecule has 1 N–H and O–H groups in total. The van der Waals surface area contributed by atoms with Gasteiger partial charge in [-0.25, -0.2) is 13.1 Å². The van der Waals surface area contributed by atoms with Crippen LogP contribution in [0.1, 0.15) is 35.7 Å². The number of carbonyl (C=O) groups excluding carboxylic acids is 1. The van der Waals surface area contributed by atoms with E-state index in [4.69, 9.17) is 9.47 Å². The molecule has 1 heterocycles. The van der Waals surface area contributed by atoms with Crippen molar-refractivity contribution in [3.05, 3.63) is 59.7 Å². The zero-order valence-corrected chi connectivity index (χ0v) is 16.9. The number of Topliss-reactive ketones (excluding diaryl/α,β-unsaturated/α-hetero) is 1. The molecule has 0 spiro atoms. The van der Waals surface area contributed by atoms with Gasteiger partial charge in [-0.05, 0) is 49.6 Å². The number of ketones is 1. The van der Waals surface area contributed by atoms with Crippen molar-refractivity contribution in [3.63, 3.8) is 0 Å². The van der Waals surface area contributed by atoms with Gasteiger partial charge in [0, 0.05) is 30.7 Å². The number of sulfonamides is 1. The van der Waals surface area contributed by atoms with Gasteiger partial charge in [-0.2, -0.15) is 0 Å². The number of benzene rings is 2. The van der Waals surface area contributed by atoms with Crippen LogP contribution in [0.15, 0.2) is 53.4 Å². The lowest BCUT2D eigenvalue weighted by atomic mass is 9.74. The maximum absolute atomic E-state index is 12.8. The molecular formula is C21H25NO5S. The molecule has 2 aromatic rings. The number of methoxy groups -OCH3 is 1. The van der Waals surface area contributed by atoms with Crippen LogP contribution in [0.5, 0.6) is 5.75 Å². The van der Waals surface area contributed by atoms with E-state index in [9.17, 15) is 13.2 Å². The van der Waals surface area contributed by atoms with Crippen LogP contribution < -0.4 is 9.46 Å². The highest BCUT2D eigenvalue weighted by Crippen LogP contribution is 2.35. The summed E-state index contributed by atoms with van der Waals surface area (Å²) in [7, 11) is -2.13. The summed E-state index contributed by atoms with van der Waals surface area (Å²) in [5.74, 6) is 0.587. The van der Waals surface area contributed by atoms with E-state index in [2.05, 4.69) is 4.72 Å². The van der Waals surface area contributed by atoms with Crippen LogP contribution in [-0.2, 0) is 20.2 Å². The van der Waals surface area contributed by atoms with Gasteiger partial charge in [-0.3, -0.25) is 4.79 Å². The Morgan fingerprint density at radius 2 is 1.82 bits per heavy atom. The quantitative estimate of drug-likeness (QED) is 0.719. The molecule has 0 unspecified atom stereocenters. The summed E-state index contributed by atoms with van der Waals surface area (Å²) in [5, 5.41) is 0. The van der Waals surface area contributed by atoms with Gasteiger partial charge in [0.2, 0.25) is 10.0 Å². The summed E-state index contributed by atoms with van der Waals surface area (Å²) >= 11 is 0. The molecule has 28 heavy (non-hydrogen) atoms. The molecule has 0 radical (unpaired) electrons. The molecule has 0 atom stereocenters. The summed E-state index contributed by atoms with van der Waals surface area (Å²) in [6, 6.07) is 13.8. The zero-order valence-electron chi connectivity index (χ0n) is 16.1. The van der Waals surface area contributed by atoms with Crippen molar-refractivity contribution in [1.29, 1.82) is 0 Å². The molecule has 7 heteroatoms. The standard InChI is InChI=1S/C21H25NO5S/c1-16(23)17-4-3-5-20(14-17)28(24,25)22-15-21(10-12-27-13-11-21)18-6-8-19(26-2)9-7-18/h3-9,14,22H,10-13,15H2,1-2H3. The number of rotatable bonds is 7. The second-order valence-electron chi connectivity index (χ2n) is 7.03. The molecule has 0 amide bonds. The predicted octanol–water partition coefficient (Wildman–Crippen LogP) is 2.92. The third kappa shape index (κ3) is 4.43. The van der Waals surface area contributed by atoms with Crippen LogP contribution in [-0.4, -0.2) is 41.1 Å². The summed E-state index contributed by atoms with van der Waals surface area (Å²) < 4.78 is 39.2. The van der Waals surface area contributed by atoms with E-state index < -0.39 is 10.0 Å². The molecule has 0 aromatic heterocycles. The molecule has 6 nitrogen and oxygen atoms in total. The fraction of sp³-hybridized carbons (Fsp3) is 0.381. The van der Waals surface area contributed by atoms with Gasteiger partial charge in [-0.1, -0.05) is 24.3 Å². The third-order valence-electron chi connectivity index (χ3n) is 5.30. The summed E-state index contributed by atoms with van der Waals surface area (Å²) in [5.41, 5.74) is 1.08. The fourth-order valence-electron chi connectivity index (χ4n) is 3.47. The molecular weight excluding hydrogens is 378 g/mol. The highest BCUT2D eigenvalue weighted by molar-refractivity contribution is 7.89. The lowest BCUT2D eigenvalue weighted by molar-refractivity contribution is 0.0517. The van der Waals surface area contributed by atoms with Crippen molar-refractivity contribution < 1.29 is 22.7 Å². The zero-order chi connectivity index (χ0) is 20.2. The summed E-state index contributed by atoms with van der Waals surface area (Å²) in [6.07, 6.45) is 1.44. The average Bonchev–Trinajstić information content (AvgIpc) is 2.73. The first kappa shape index (κ1) is 20.5. The maximum Gasteiger partial charge on any atom is 0.240 e. The molecule has 1 aliphatic rings. The monoisotopic (exact) mass is 403 g/mol. The predicted molar refractivity (Wildman–Crippen MR) is 106 cm³/mol. The van der Waals surface area contributed by atoms with Gasteiger partial charge in [0.25, 0.3) is 0 Å². The Bertz CT molecular complexity index is 932. The van der Waals surface area contributed by atoms with Crippen LogP contribution >= 0.6 is 0 Å². The lowest BCUT2D eigenvalue weighted by Crippen LogP contribution is -2.44. The largest absolute Gasteiger partial charge is 0.497 e. The Morgan fingerprint density at radius 1 is 1.14 bits per heavy atom. The Balaban J connectivity index is 1.85. The second kappa shape index (κ2) is 8.43. The van der Waals surface area contributed by atoms with E-state index in [-0.39, 0.29) is 22.6 Å². The van der Waals surface area contributed by atoms with Crippen molar-refractivity contribution in [2.75, 3.05) is 26.9 Å². The van der Waals surface area contributed by atoms with E-state index in [0.29, 0.717) is 18.8 Å². The molecule has 0 saturated carbocycles. The first-order chi connectivity index (χ1) is 13.4. The summed E-state index contributed by atoms with van der Waals surface area (Å²) in [4.78, 5) is 11.7. The first-order valence-electron chi connectivity index (χ1n) is 9.19. The van der Waals surface area contributed by atoms with E-state index in [1.807, 2.05) is 24.3 Å². The van der Waals surface area contributed by atoms with Crippen LogP contribution in [0, 0.1) is 0 Å². The van der Waals surface area contributed by atoms with E-state index in [0.717, 1.165) is 24.2 Å². The van der Waals surface area contributed by atoms with Gasteiger partial charge in [0.05, 0.1) is 12.0 Å². The van der Waals surface area contributed by atoms with Crippen LogP contribution in [0.4, 0.5) is 0 Å². The van der Waals surface area contributed by atoms with Crippen LogP contribution in [0.3, 0.4) is 0 Å². The number of hydrogen-bond acceptors (Lipinski definition) is 5. The molecule has 0 aliphatic carbocycles. The number of nitrogens with one attached hydrogen (secondary N) is 1. The maximum atomic E-state index is 12.8. The van der Waals surface area contributed by atoms with Gasteiger partial charge in [0.15, 0.2) is 5.78 Å². The highest BCUT2D eigenvalue weighted by atomic mass is 32.2. The second-order valence-corrected chi connectivity index (χ2v) is 8.80. The SMILES string of the molecule is COc1ccc(C2(CNS(=O)(=O)c3cccc(C(C)=O)c3)CCOCC2)cc1. The first-order valence-corrected chi connectivity index (χ1v) is 10.7. The molecule has 1 saturated heterocycles. The minimum atomic E-state index is -3.74. The van der Waals surface area contributed by atoms with Crippen molar-refractivity contribution in [1.82, 2.24) is 4.72 Å². The van der Waals surface area contributed by atoms with Crippen LogP contribution in [0.25, 0.3) is 0 Å².